The first-order chi connectivity index (χ1) is 7.22. The lowest BCUT2D eigenvalue weighted by molar-refractivity contribution is 0.689. The van der Waals surface area contributed by atoms with Crippen LogP contribution in [0.25, 0.3) is 0 Å². The molecule has 1 heterocycles. The highest BCUT2D eigenvalue weighted by atomic mass is 35.5. The summed E-state index contributed by atoms with van der Waals surface area (Å²) in [5.74, 6) is 0. The first-order valence-corrected chi connectivity index (χ1v) is 5.84. The summed E-state index contributed by atoms with van der Waals surface area (Å²) in [6.07, 6.45) is 2.34. The molecular formula is C12H17ClN2. The maximum Gasteiger partial charge on any atom is 0.0429 e. The van der Waals surface area contributed by atoms with Crippen LogP contribution >= 0.6 is 11.6 Å². The Morgan fingerprint density at radius 1 is 1.47 bits per heavy atom. The van der Waals surface area contributed by atoms with E-state index in [9.17, 15) is 0 Å². The van der Waals surface area contributed by atoms with E-state index in [0.29, 0.717) is 6.54 Å². The average molecular weight is 225 g/mol. The van der Waals surface area contributed by atoms with Crippen LogP contribution in [0.3, 0.4) is 0 Å². The van der Waals surface area contributed by atoms with Gasteiger partial charge in [-0.25, -0.2) is 0 Å². The summed E-state index contributed by atoms with van der Waals surface area (Å²) in [6, 6.07) is 4.13. The Kier molecular flexibility index (Phi) is 3.17. The summed E-state index contributed by atoms with van der Waals surface area (Å²) in [5.41, 5.74) is 9.63. The molecule has 0 saturated carbocycles. The normalized spacial score (nSPS) is 15.3. The Balaban J connectivity index is 2.41. The first kappa shape index (κ1) is 10.8. The number of fused-ring (bicyclic) bond motifs is 1. The van der Waals surface area contributed by atoms with Crippen molar-refractivity contribution in [3.05, 3.63) is 28.3 Å². The van der Waals surface area contributed by atoms with Crippen LogP contribution in [0.5, 0.6) is 0 Å². The number of hydrogen-bond donors (Lipinski definition) is 1. The lowest BCUT2D eigenvalue weighted by atomic mass is 9.98. The quantitative estimate of drug-likeness (QED) is 0.836. The molecule has 0 aliphatic carbocycles. The molecule has 0 aromatic heterocycles. The van der Waals surface area contributed by atoms with E-state index >= 15 is 0 Å². The first-order valence-electron chi connectivity index (χ1n) is 5.46. The van der Waals surface area contributed by atoms with Gasteiger partial charge in [0.1, 0.15) is 0 Å². The third kappa shape index (κ3) is 2.11. The largest absolute Gasteiger partial charge is 0.370 e. The molecule has 0 atom stereocenters. The van der Waals surface area contributed by atoms with Crippen LogP contribution in [0.15, 0.2) is 12.1 Å². The van der Waals surface area contributed by atoms with E-state index in [4.69, 9.17) is 17.3 Å². The average Bonchev–Trinajstić information content (AvgIpc) is 2.17. The molecule has 0 radical (unpaired) electrons. The van der Waals surface area contributed by atoms with Crippen LogP contribution in [0.2, 0.25) is 5.02 Å². The molecule has 3 heteroatoms. The molecule has 0 fully saturated rings. The van der Waals surface area contributed by atoms with Gasteiger partial charge in [-0.3, -0.25) is 0 Å². The number of halogens is 1. The van der Waals surface area contributed by atoms with E-state index < -0.39 is 0 Å². The maximum atomic E-state index is 6.06. The van der Waals surface area contributed by atoms with Crippen LogP contribution in [0.1, 0.15) is 17.5 Å². The Morgan fingerprint density at radius 3 is 3.00 bits per heavy atom. The van der Waals surface area contributed by atoms with E-state index in [0.717, 1.165) is 24.5 Å². The van der Waals surface area contributed by atoms with Gasteiger partial charge in [0.15, 0.2) is 0 Å². The summed E-state index contributed by atoms with van der Waals surface area (Å²) in [6.45, 7) is 4.89. The van der Waals surface area contributed by atoms with Crippen molar-refractivity contribution >= 4 is 17.3 Å². The SMILES string of the molecule is Cc1cc(Cl)cc2c1N(CCN)CCC2. The molecule has 1 aliphatic rings. The van der Waals surface area contributed by atoms with E-state index in [1.54, 1.807) is 0 Å². The summed E-state index contributed by atoms with van der Waals surface area (Å²) < 4.78 is 0. The lowest BCUT2D eigenvalue weighted by Crippen LogP contribution is -2.34. The molecule has 82 valence electrons. The molecule has 1 aromatic rings. The van der Waals surface area contributed by atoms with Gasteiger partial charge in [-0.05, 0) is 43.0 Å². The van der Waals surface area contributed by atoms with Crippen molar-refractivity contribution in [2.45, 2.75) is 19.8 Å². The van der Waals surface area contributed by atoms with E-state index in [1.165, 1.54) is 23.2 Å². The molecular weight excluding hydrogens is 208 g/mol. The van der Waals surface area contributed by atoms with Crippen LogP contribution in [-0.2, 0) is 6.42 Å². The topological polar surface area (TPSA) is 29.3 Å². The van der Waals surface area contributed by atoms with Gasteiger partial charge in [-0.15, -0.1) is 0 Å². The number of nitrogens with two attached hydrogens (primary N) is 1. The molecule has 15 heavy (non-hydrogen) atoms. The molecule has 0 saturated heterocycles. The minimum Gasteiger partial charge on any atom is -0.370 e. The van der Waals surface area contributed by atoms with Crippen molar-refractivity contribution in [1.82, 2.24) is 0 Å². The number of hydrogen-bond acceptors (Lipinski definition) is 2. The van der Waals surface area contributed by atoms with Crippen LogP contribution in [-0.4, -0.2) is 19.6 Å². The maximum absolute atomic E-state index is 6.06. The zero-order valence-corrected chi connectivity index (χ0v) is 9.85. The minimum atomic E-state index is 0.710. The third-order valence-electron chi connectivity index (χ3n) is 2.93. The third-order valence-corrected chi connectivity index (χ3v) is 3.15. The fourth-order valence-electron chi connectivity index (χ4n) is 2.40. The second-order valence-corrected chi connectivity index (χ2v) is 4.55. The lowest BCUT2D eigenvalue weighted by Gasteiger charge is -2.32. The van der Waals surface area contributed by atoms with Gasteiger partial charge in [0.05, 0.1) is 0 Å². The Bertz CT molecular complexity index is 363. The summed E-state index contributed by atoms with van der Waals surface area (Å²) in [4.78, 5) is 2.38. The second-order valence-electron chi connectivity index (χ2n) is 4.11. The summed E-state index contributed by atoms with van der Waals surface area (Å²) >= 11 is 6.06. The highest BCUT2D eigenvalue weighted by molar-refractivity contribution is 6.30. The number of benzene rings is 1. The van der Waals surface area contributed by atoms with Gasteiger partial charge in [-0.2, -0.15) is 0 Å². The molecule has 1 aliphatic heterocycles. The minimum absolute atomic E-state index is 0.710. The van der Waals surface area contributed by atoms with Gasteiger partial charge >= 0.3 is 0 Å². The van der Waals surface area contributed by atoms with Crippen LogP contribution in [0, 0.1) is 6.92 Å². The molecule has 0 unspecified atom stereocenters. The molecule has 0 spiro atoms. The number of anilines is 1. The molecule has 2 rings (SSSR count). The van der Waals surface area contributed by atoms with Gasteiger partial charge in [0, 0.05) is 30.3 Å². The zero-order valence-electron chi connectivity index (χ0n) is 9.09. The van der Waals surface area contributed by atoms with Gasteiger partial charge in [0.25, 0.3) is 0 Å². The zero-order chi connectivity index (χ0) is 10.8. The van der Waals surface area contributed by atoms with E-state index in [2.05, 4.69) is 17.9 Å². The van der Waals surface area contributed by atoms with Gasteiger partial charge in [0.2, 0.25) is 0 Å². The number of aryl methyl sites for hydroxylation is 2. The predicted octanol–water partition coefficient (Wildman–Crippen LogP) is 2.36. The van der Waals surface area contributed by atoms with Crippen molar-refractivity contribution in [2.75, 3.05) is 24.5 Å². The summed E-state index contributed by atoms with van der Waals surface area (Å²) in [5, 5.41) is 0.848. The molecule has 0 amide bonds. The van der Waals surface area contributed by atoms with Crippen molar-refractivity contribution in [2.24, 2.45) is 5.73 Å². The fraction of sp³-hybridized carbons (Fsp3) is 0.500. The summed E-state index contributed by atoms with van der Waals surface area (Å²) in [7, 11) is 0. The van der Waals surface area contributed by atoms with Crippen molar-refractivity contribution in [1.29, 1.82) is 0 Å². The Hall–Kier alpha value is -0.730. The fourth-order valence-corrected chi connectivity index (χ4v) is 2.69. The van der Waals surface area contributed by atoms with Gasteiger partial charge in [-0.1, -0.05) is 11.6 Å². The predicted molar refractivity (Wildman–Crippen MR) is 65.8 cm³/mol. The molecule has 0 bridgehead atoms. The Morgan fingerprint density at radius 2 is 2.27 bits per heavy atom. The smallest absolute Gasteiger partial charge is 0.0429 e. The number of nitrogens with zero attached hydrogens (tertiary/aromatic N) is 1. The van der Waals surface area contributed by atoms with Crippen molar-refractivity contribution in [3.8, 4) is 0 Å². The highest BCUT2D eigenvalue weighted by Gasteiger charge is 2.18. The van der Waals surface area contributed by atoms with E-state index in [1.807, 2.05) is 6.07 Å². The highest BCUT2D eigenvalue weighted by Crippen LogP contribution is 2.32. The van der Waals surface area contributed by atoms with Crippen molar-refractivity contribution in [3.63, 3.8) is 0 Å². The van der Waals surface area contributed by atoms with E-state index in [-0.39, 0.29) is 0 Å². The van der Waals surface area contributed by atoms with Crippen molar-refractivity contribution < 1.29 is 0 Å². The second kappa shape index (κ2) is 4.42. The van der Waals surface area contributed by atoms with Crippen LogP contribution in [0.4, 0.5) is 5.69 Å². The number of rotatable bonds is 2. The molecule has 2 N–H and O–H groups in total. The molecule has 1 aromatic carbocycles. The molecule has 2 nitrogen and oxygen atoms in total. The standard InChI is InChI=1S/C12H17ClN2/c1-9-7-11(13)8-10-3-2-5-15(6-4-14)12(9)10/h7-8H,2-6,14H2,1H3. The monoisotopic (exact) mass is 224 g/mol. The van der Waals surface area contributed by atoms with Crippen LogP contribution < -0.4 is 10.6 Å². The van der Waals surface area contributed by atoms with Gasteiger partial charge < -0.3 is 10.6 Å². The Labute approximate surface area is 96.0 Å².